The molecule has 0 bridgehead atoms. The van der Waals surface area contributed by atoms with Crippen molar-refractivity contribution < 1.29 is 19.4 Å². The molecule has 0 aliphatic carbocycles. The fourth-order valence-electron chi connectivity index (χ4n) is 1.54. The number of carbonyl (C=O) groups is 2. The van der Waals surface area contributed by atoms with Crippen LogP contribution < -0.4 is 0 Å². The van der Waals surface area contributed by atoms with Crippen molar-refractivity contribution in [1.82, 2.24) is 19.9 Å². The maximum Gasteiger partial charge on any atom is 0.410 e. The molecule has 1 aromatic heterocycles. The summed E-state index contributed by atoms with van der Waals surface area (Å²) in [6.45, 7) is 5.16. The van der Waals surface area contributed by atoms with E-state index in [1.165, 1.54) is 11.7 Å². The molecule has 1 aromatic rings. The number of carboxylic acids is 1. The molecular weight excluding hydrogens is 264 g/mol. The first-order chi connectivity index (χ1) is 9.10. The number of aryl methyl sites for hydroxylation is 1. The topological polar surface area (TPSA) is 97.5 Å². The summed E-state index contributed by atoms with van der Waals surface area (Å²) in [5, 5.41) is 16.8. The number of hydrogen-bond donors (Lipinski definition) is 1. The highest BCUT2D eigenvalue weighted by molar-refractivity contribution is 5.80. The Morgan fingerprint density at radius 1 is 1.50 bits per heavy atom. The van der Waals surface area contributed by atoms with Crippen molar-refractivity contribution >= 4 is 12.1 Å². The van der Waals surface area contributed by atoms with Gasteiger partial charge in [0.1, 0.15) is 11.6 Å². The monoisotopic (exact) mass is 284 g/mol. The zero-order valence-corrected chi connectivity index (χ0v) is 12.3. The van der Waals surface area contributed by atoms with Gasteiger partial charge in [0.25, 0.3) is 0 Å². The van der Waals surface area contributed by atoms with E-state index in [2.05, 4.69) is 10.3 Å². The van der Waals surface area contributed by atoms with Crippen LogP contribution in [0.25, 0.3) is 0 Å². The Labute approximate surface area is 117 Å². The summed E-state index contributed by atoms with van der Waals surface area (Å²) in [4.78, 5) is 24.3. The van der Waals surface area contributed by atoms with E-state index in [0.29, 0.717) is 5.69 Å². The second kappa shape index (κ2) is 5.89. The van der Waals surface area contributed by atoms with Gasteiger partial charge in [-0.05, 0) is 20.8 Å². The predicted octanol–water partition coefficient (Wildman–Crippen LogP) is 0.678. The van der Waals surface area contributed by atoms with Crippen molar-refractivity contribution in [1.29, 1.82) is 0 Å². The van der Waals surface area contributed by atoms with Crippen molar-refractivity contribution in [2.24, 2.45) is 7.05 Å². The van der Waals surface area contributed by atoms with E-state index in [0.717, 1.165) is 4.90 Å². The highest BCUT2D eigenvalue weighted by atomic mass is 16.6. The summed E-state index contributed by atoms with van der Waals surface area (Å²) < 4.78 is 6.63. The summed E-state index contributed by atoms with van der Waals surface area (Å²) in [6, 6.07) is -1.05. The van der Waals surface area contributed by atoms with Crippen molar-refractivity contribution in [2.45, 2.75) is 38.8 Å². The lowest BCUT2D eigenvalue weighted by Crippen LogP contribution is -2.46. The normalized spacial score (nSPS) is 12.8. The average molecular weight is 284 g/mol. The quantitative estimate of drug-likeness (QED) is 0.873. The lowest BCUT2D eigenvalue weighted by Gasteiger charge is -2.28. The third kappa shape index (κ3) is 4.52. The third-order valence-electron chi connectivity index (χ3n) is 2.49. The van der Waals surface area contributed by atoms with E-state index in [1.807, 2.05) is 0 Å². The number of hydrogen-bond acceptors (Lipinski definition) is 5. The van der Waals surface area contributed by atoms with Crippen molar-refractivity contribution in [3.05, 3.63) is 11.9 Å². The lowest BCUT2D eigenvalue weighted by molar-refractivity contribution is -0.142. The molecule has 1 N–H and O–H groups in total. The number of carboxylic acid groups (broad SMARTS) is 1. The van der Waals surface area contributed by atoms with Crippen LogP contribution >= 0.6 is 0 Å². The van der Waals surface area contributed by atoms with Crippen LogP contribution in [0.15, 0.2) is 6.20 Å². The molecule has 20 heavy (non-hydrogen) atoms. The van der Waals surface area contributed by atoms with E-state index in [-0.39, 0.29) is 6.42 Å². The summed E-state index contributed by atoms with van der Waals surface area (Å²) in [5.74, 6) is -1.12. The van der Waals surface area contributed by atoms with Gasteiger partial charge in [-0.1, -0.05) is 5.21 Å². The van der Waals surface area contributed by atoms with E-state index in [4.69, 9.17) is 4.74 Å². The van der Waals surface area contributed by atoms with Gasteiger partial charge in [0, 0.05) is 26.7 Å². The van der Waals surface area contributed by atoms with Crippen LogP contribution in [0.1, 0.15) is 26.5 Å². The molecule has 0 saturated heterocycles. The molecule has 8 nitrogen and oxygen atoms in total. The summed E-state index contributed by atoms with van der Waals surface area (Å²) in [7, 11) is 3.08. The molecule has 1 rings (SSSR count). The number of rotatable bonds is 4. The molecule has 1 amide bonds. The van der Waals surface area contributed by atoms with E-state index < -0.39 is 23.7 Å². The minimum absolute atomic E-state index is 0.0684. The molecule has 8 heteroatoms. The van der Waals surface area contributed by atoms with Crippen LogP contribution in [0, 0.1) is 0 Å². The summed E-state index contributed by atoms with van der Waals surface area (Å²) in [6.07, 6.45) is 0.992. The smallest absolute Gasteiger partial charge is 0.410 e. The lowest BCUT2D eigenvalue weighted by atomic mass is 10.1. The number of ether oxygens (including phenoxy) is 1. The van der Waals surface area contributed by atoms with Crippen LogP contribution in [0.5, 0.6) is 0 Å². The second-order valence-corrected chi connectivity index (χ2v) is 5.53. The fourth-order valence-corrected chi connectivity index (χ4v) is 1.54. The Balaban J connectivity index is 2.80. The summed E-state index contributed by atoms with van der Waals surface area (Å²) in [5.41, 5.74) is -0.184. The average Bonchev–Trinajstić information content (AvgIpc) is 2.68. The van der Waals surface area contributed by atoms with Gasteiger partial charge in [0.15, 0.2) is 0 Å². The first kappa shape index (κ1) is 15.9. The van der Waals surface area contributed by atoms with Crippen LogP contribution in [0.3, 0.4) is 0 Å². The standard InChI is InChI=1S/C12H20N4O4/c1-12(2,3)20-11(19)16(5)9(10(17)18)6-8-7-15(4)14-13-8/h7,9H,6H2,1-5H3,(H,17,18). The SMILES string of the molecule is CN(C(=O)OC(C)(C)C)C(Cc1cn(C)nn1)C(=O)O. The minimum atomic E-state index is -1.12. The minimum Gasteiger partial charge on any atom is -0.480 e. The Bertz CT molecular complexity index is 492. The Morgan fingerprint density at radius 2 is 2.10 bits per heavy atom. The van der Waals surface area contributed by atoms with Gasteiger partial charge in [-0.2, -0.15) is 0 Å². The molecule has 1 atom stereocenters. The molecule has 0 saturated carbocycles. The molecule has 0 spiro atoms. The number of aromatic nitrogens is 3. The first-order valence-corrected chi connectivity index (χ1v) is 6.14. The number of carbonyl (C=O) groups excluding carboxylic acids is 1. The number of nitrogens with zero attached hydrogens (tertiary/aromatic N) is 4. The Hall–Kier alpha value is -2.12. The number of aliphatic carboxylic acids is 1. The number of amides is 1. The zero-order valence-electron chi connectivity index (χ0n) is 12.3. The molecule has 112 valence electrons. The van der Waals surface area contributed by atoms with E-state index >= 15 is 0 Å². The fraction of sp³-hybridized carbons (Fsp3) is 0.667. The van der Waals surface area contributed by atoms with Crippen molar-refractivity contribution in [2.75, 3.05) is 7.05 Å². The van der Waals surface area contributed by atoms with Gasteiger partial charge in [0.2, 0.25) is 0 Å². The molecular formula is C12H20N4O4. The van der Waals surface area contributed by atoms with Crippen molar-refractivity contribution in [3.63, 3.8) is 0 Å². The van der Waals surface area contributed by atoms with Gasteiger partial charge in [-0.15, -0.1) is 5.10 Å². The van der Waals surface area contributed by atoms with Gasteiger partial charge in [-0.25, -0.2) is 9.59 Å². The molecule has 0 fully saturated rings. The predicted molar refractivity (Wildman–Crippen MR) is 70.1 cm³/mol. The Kier molecular flexibility index (Phi) is 4.69. The molecule has 1 heterocycles. The van der Waals surface area contributed by atoms with Gasteiger partial charge in [-0.3, -0.25) is 9.58 Å². The van der Waals surface area contributed by atoms with Crippen LogP contribution in [-0.2, 0) is 23.0 Å². The number of likely N-dealkylation sites (N-methyl/N-ethyl adjacent to an activating group) is 1. The van der Waals surface area contributed by atoms with Gasteiger partial charge < -0.3 is 9.84 Å². The molecule has 0 radical (unpaired) electrons. The molecule has 0 aromatic carbocycles. The van der Waals surface area contributed by atoms with Crippen LogP contribution in [0.4, 0.5) is 4.79 Å². The van der Waals surface area contributed by atoms with Crippen LogP contribution in [-0.4, -0.2) is 55.8 Å². The second-order valence-electron chi connectivity index (χ2n) is 5.53. The third-order valence-corrected chi connectivity index (χ3v) is 2.49. The molecule has 0 aliphatic heterocycles. The highest BCUT2D eigenvalue weighted by Crippen LogP contribution is 2.13. The van der Waals surface area contributed by atoms with Gasteiger partial charge in [0.05, 0.1) is 5.69 Å². The molecule has 1 unspecified atom stereocenters. The molecule has 0 aliphatic rings. The van der Waals surface area contributed by atoms with E-state index in [9.17, 15) is 14.7 Å². The maximum absolute atomic E-state index is 11.9. The Morgan fingerprint density at radius 3 is 2.50 bits per heavy atom. The van der Waals surface area contributed by atoms with Gasteiger partial charge >= 0.3 is 12.1 Å². The highest BCUT2D eigenvalue weighted by Gasteiger charge is 2.30. The largest absolute Gasteiger partial charge is 0.480 e. The van der Waals surface area contributed by atoms with Crippen LogP contribution in [0.2, 0.25) is 0 Å². The summed E-state index contributed by atoms with van der Waals surface area (Å²) >= 11 is 0. The zero-order chi connectivity index (χ0) is 15.5. The van der Waals surface area contributed by atoms with E-state index in [1.54, 1.807) is 34.0 Å². The first-order valence-electron chi connectivity index (χ1n) is 6.14. The van der Waals surface area contributed by atoms with Crippen molar-refractivity contribution in [3.8, 4) is 0 Å². The maximum atomic E-state index is 11.9.